The zero-order valence-electron chi connectivity index (χ0n) is 18.1. The number of halogens is 2. The Morgan fingerprint density at radius 1 is 1.23 bits per heavy atom. The lowest BCUT2D eigenvalue weighted by atomic mass is 9.57. The van der Waals surface area contributed by atoms with Gasteiger partial charge in [-0.05, 0) is 24.1 Å². The van der Waals surface area contributed by atoms with Crippen molar-refractivity contribution in [3.8, 4) is 0 Å². The van der Waals surface area contributed by atoms with Crippen LogP contribution in [0, 0.1) is 17.2 Å². The molecule has 4 atom stereocenters. The van der Waals surface area contributed by atoms with Crippen LogP contribution >= 0.6 is 24.0 Å². The number of guanidine groups is 1. The summed E-state index contributed by atoms with van der Waals surface area (Å²) in [5.74, 6) is 1.16. The Morgan fingerprint density at radius 2 is 1.93 bits per heavy atom. The quantitative estimate of drug-likeness (QED) is 0.347. The Balaban J connectivity index is 0.00000256. The van der Waals surface area contributed by atoms with E-state index in [9.17, 15) is 4.39 Å². The Hall–Kier alpha value is -0.970. The minimum Gasteiger partial charge on any atom is -0.379 e. The Bertz CT molecular complexity index is 724. The van der Waals surface area contributed by atoms with Gasteiger partial charge in [0, 0.05) is 50.7 Å². The summed E-state index contributed by atoms with van der Waals surface area (Å²) in [4.78, 5) is 6.86. The van der Waals surface area contributed by atoms with E-state index in [1.54, 1.807) is 0 Å². The van der Waals surface area contributed by atoms with Crippen molar-refractivity contribution in [1.82, 2.24) is 15.5 Å². The molecule has 30 heavy (non-hydrogen) atoms. The number of fused-ring (bicyclic) bond motifs is 1. The van der Waals surface area contributed by atoms with Gasteiger partial charge in [0.05, 0.1) is 25.4 Å². The molecule has 0 bridgehead atoms. The summed E-state index contributed by atoms with van der Waals surface area (Å²) in [6, 6.07) is 7.31. The second-order valence-corrected chi connectivity index (χ2v) is 8.86. The van der Waals surface area contributed by atoms with Crippen LogP contribution in [0.4, 0.5) is 4.39 Å². The second-order valence-electron chi connectivity index (χ2n) is 8.86. The molecule has 6 nitrogen and oxygen atoms in total. The van der Waals surface area contributed by atoms with Crippen molar-refractivity contribution in [2.45, 2.75) is 38.5 Å². The molecule has 4 rings (SSSR count). The smallest absolute Gasteiger partial charge is 0.191 e. The third-order valence-electron chi connectivity index (χ3n) is 6.82. The molecule has 2 aliphatic heterocycles. The lowest BCUT2D eigenvalue weighted by molar-refractivity contribution is -0.106. The van der Waals surface area contributed by atoms with Crippen LogP contribution in [0.1, 0.15) is 31.9 Å². The summed E-state index contributed by atoms with van der Waals surface area (Å²) in [5, 5.41) is 7.16. The first kappa shape index (κ1) is 23.7. The maximum Gasteiger partial charge on any atom is 0.191 e. The van der Waals surface area contributed by atoms with E-state index in [4.69, 9.17) is 9.47 Å². The average molecular weight is 532 g/mol. The summed E-state index contributed by atoms with van der Waals surface area (Å²) in [6.07, 6.45) is 1.45. The molecule has 1 saturated carbocycles. The largest absolute Gasteiger partial charge is 0.379 e. The molecule has 1 aromatic rings. The molecule has 3 fully saturated rings. The van der Waals surface area contributed by atoms with Crippen LogP contribution in [0.2, 0.25) is 0 Å². The summed E-state index contributed by atoms with van der Waals surface area (Å²) in [5.41, 5.74) is 1.20. The predicted octanol–water partition coefficient (Wildman–Crippen LogP) is 2.80. The van der Waals surface area contributed by atoms with Crippen LogP contribution in [0.25, 0.3) is 0 Å². The molecule has 168 valence electrons. The molecule has 3 aliphatic rings. The van der Waals surface area contributed by atoms with Crippen LogP contribution in [-0.2, 0) is 9.47 Å². The molecule has 2 saturated heterocycles. The average Bonchev–Trinajstić information content (AvgIpc) is 3.19. The zero-order chi connectivity index (χ0) is 20.4. The lowest BCUT2D eigenvalue weighted by Gasteiger charge is -2.55. The number of hydrogen-bond donors (Lipinski definition) is 2. The first-order valence-electron chi connectivity index (χ1n) is 10.7. The summed E-state index contributed by atoms with van der Waals surface area (Å²) >= 11 is 0. The van der Waals surface area contributed by atoms with Gasteiger partial charge in [0.1, 0.15) is 5.82 Å². The van der Waals surface area contributed by atoms with E-state index >= 15 is 0 Å². The minimum atomic E-state index is -0.208. The molecule has 0 radical (unpaired) electrons. The third-order valence-corrected chi connectivity index (χ3v) is 6.82. The van der Waals surface area contributed by atoms with E-state index in [0.29, 0.717) is 24.6 Å². The maximum atomic E-state index is 13.4. The number of hydrogen-bond acceptors (Lipinski definition) is 4. The van der Waals surface area contributed by atoms with E-state index in [2.05, 4.69) is 34.4 Å². The third kappa shape index (κ3) is 4.76. The maximum absolute atomic E-state index is 13.4. The second kappa shape index (κ2) is 10.1. The predicted molar refractivity (Wildman–Crippen MR) is 127 cm³/mol. The van der Waals surface area contributed by atoms with Crippen LogP contribution < -0.4 is 10.6 Å². The highest BCUT2D eigenvalue weighted by Gasteiger charge is 2.59. The van der Waals surface area contributed by atoms with Crippen molar-refractivity contribution in [2.75, 3.05) is 46.5 Å². The first-order valence-corrected chi connectivity index (χ1v) is 10.7. The Kier molecular flexibility index (Phi) is 7.97. The fourth-order valence-electron chi connectivity index (χ4n) is 5.18. The van der Waals surface area contributed by atoms with Crippen molar-refractivity contribution < 1.29 is 13.9 Å². The number of aliphatic imine (C=N–C) groups is 1. The molecular weight excluding hydrogens is 498 g/mol. The summed E-state index contributed by atoms with van der Waals surface area (Å²) in [6.45, 7) is 9.27. The van der Waals surface area contributed by atoms with Crippen LogP contribution in [-0.4, -0.2) is 69.5 Å². The summed E-state index contributed by atoms with van der Waals surface area (Å²) in [7, 11) is 1.81. The molecular formula is C22H34FIN4O2. The van der Waals surface area contributed by atoms with E-state index in [1.165, 1.54) is 12.1 Å². The number of morpholine rings is 1. The zero-order valence-corrected chi connectivity index (χ0v) is 20.4. The van der Waals surface area contributed by atoms with Crippen molar-refractivity contribution in [1.29, 1.82) is 0 Å². The Morgan fingerprint density at radius 3 is 2.60 bits per heavy atom. The van der Waals surface area contributed by atoms with Gasteiger partial charge < -0.3 is 20.1 Å². The Labute approximate surface area is 196 Å². The van der Waals surface area contributed by atoms with Gasteiger partial charge >= 0.3 is 0 Å². The highest BCUT2D eigenvalue weighted by molar-refractivity contribution is 14.0. The molecule has 2 heterocycles. The molecule has 4 unspecified atom stereocenters. The minimum absolute atomic E-state index is 0. The van der Waals surface area contributed by atoms with E-state index in [0.717, 1.165) is 50.9 Å². The van der Waals surface area contributed by atoms with E-state index in [1.807, 2.05) is 19.2 Å². The molecule has 1 aliphatic carbocycles. The number of nitrogens with zero attached hydrogens (tertiary/aromatic N) is 2. The lowest BCUT2D eigenvalue weighted by Crippen LogP contribution is -2.68. The van der Waals surface area contributed by atoms with Crippen LogP contribution in [0.15, 0.2) is 29.3 Å². The number of ether oxygens (including phenoxy) is 2. The molecule has 0 amide bonds. The van der Waals surface area contributed by atoms with Crippen molar-refractivity contribution in [3.05, 3.63) is 35.6 Å². The normalized spacial score (nSPS) is 29.3. The van der Waals surface area contributed by atoms with Crippen molar-refractivity contribution >= 4 is 29.9 Å². The number of rotatable bonds is 5. The standard InChI is InChI=1S/C22H33FN4O2.HI/c1-22(2)19(17-8-11-29-20(17)22)26-21(24-3)25-14-18(27-9-12-28-13-10-27)15-4-6-16(23)7-5-15;/h4-7,17-20H,8-14H2,1-3H3,(H2,24,25,26);1H. The van der Waals surface area contributed by atoms with Crippen LogP contribution in [0.3, 0.4) is 0 Å². The van der Waals surface area contributed by atoms with E-state index in [-0.39, 0.29) is 41.3 Å². The van der Waals surface area contributed by atoms with Gasteiger partial charge in [-0.25, -0.2) is 4.39 Å². The van der Waals surface area contributed by atoms with Gasteiger partial charge in [-0.3, -0.25) is 9.89 Å². The highest BCUT2D eigenvalue weighted by atomic mass is 127. The first-order chi connectivity index (χ1) is 14.0. The summed E-state index contributed by atoms with van der Waals surface area (Å²) < 4.78 is 24.9. The number of nitrogens with one attached hydrogen (secondary N) is 2. The van der Waals surface area contributed by atoms with E-state index < -0.39 is 0 Å². The van der Waals surface area contributed by atoms with Crippen molar-refractivity contribution in [2.24, 2.45) is 16.3 Å². The topological polar surface area (TPSA) is 58.1 Å². The number of benzene rings is 1. The fraction of sp³-hybridized carbons (Fsp3) is 0.682. The monoisotopic (exact) mass is 532 g/mol. The molecule has 8 heteroatoms. The van der Waals surface area contributed by atoms with Crippen LogP contribution in [0.5, 0.6) is 0 Å². The molecule has 0 spiro atoms. The van der Waals surface area contributed by atoms with Gasteiger partial charge in [0.15, 0.2) is 5.96 Å². The SMILES string of the molecule is CN=C(NCC(c1ccc(F)cc1)N1CCOCC1)NC1C2CCOC2C1(C)C.I. The highest BCUT2D eigenvalue weighted by Crippen LogP contribution is 2.52. The van der Waals surface area contributed by atoms with Gasteiger partial charge in [-0.2, -0.15) is 0 Å². The molecule has 1 aromatic carbocycles. The van der Waals surface area contributed by atoms with Crippen molar-refractivity contribution in [3.63, 3.8) is 0 Å². The van der Waals surface area contributed by atoms with Gasteiger partial charge in [0.25, 0.3) is 0 Å². The van der Waals surface area contributed by atoms with Gasteiger partial charge in [-0.15, -0.1) is 24.0 Å². The molecule has 2 N–H and O–H groups in total. The van der Waals surface area contributed by atoms with Gasteiger partial charge in [-0.1, -0.05) is 26.0 Å². The fourth-order valence-corrected chi connectivity index (χ4v) is 5.18. The molecule has 0 aromatic heterocycles. The van der Waals surface area contributed by atoms with Gasteiger partial charge in [0.2, 0.25) is 0 Å².